The lowest BCUT2D eigenvalue weighted by Gasteiger charge is -2.39. The number of nitro benzene ring substituents is 1. The van der Waals surface area contributed by atoms with Gasteiger partial charge in [-0.15, -0.1) is 0 Å². The van der Waals surface area contributed by atoms with Crippen molar-refractivity contribution in [3.63, 3.8) is 0 Å². The number of amides is 1. The largest absolute Gasteiger partial charge is 0.381 e. The minimum Gasteiger partial charge on any atom is -0.381 e. The number of piperazine rings is 1. The molecule has 2 fully saturated rings. The van der Waals surface area contributed by atoms with E-state index in [0.717, 1.165) is 123 Å². The van der Waals surface area contributed by atoms with E-state index in [1.165, 1.54) is 28.8 Å². The molecule has 5 heterocycles. The molecule has 1 amide bonds. The molecule has 16 heteroatoms. The molecular weight excluding hydrogens is 864 g/mol. The van der Waals surface area contributed by atoms with Crippen LogP contribution in [0.3, 0.4) is 0 Å². The number of pyridine rings is 1. The third-order valence-corrected chi connectivity index (χ3v) is 15.2. The number of H-pyrrole nitrogens is 1. The van der Waals surface area contributed by atoms with Gasteiger partial charge in [-0.1, -0.05) is 43.2 Å². The molecule has 14 nitrogen and oxygen atoms in total. The Morgan fingerprint density at radius 1 is 0.954 bits per heavy atom. The lowest BCUT2D eigenvalue weighted by atomic mass is 9.72. The second kappa shape index (κ2) is 18.8. The van der Waals surface area contributed by atoms with Crippen LogP contribution in [0.2, 0.25) is 5.02 Å². The fraction of sp³-hybridized carbons (Fsp3) is 0.429. The molecule has 0 saturated carbocycles. The van der Waals surface area contributed by atoms with E-state index in [9.17, 15) is 23.3 Å². The van der Waals surface area contributed by atoms with E-state index >= 15 is 0 Å². The molecule has 0 unspecified atom stereocenters. The van der Waals surface area contributed by atoms with Crippen LogP contribution >= 0.6 is 11.6 Å². The summed E-state index contributed by atoms with van der Waals surface area (Å²) in [4.78, 5) is 40.8. The molecule has 0 radical (unpaired) electrons. The molecular formula is C49H57ClN8O6S. The Balaban J connectivity index is 0.986. The SMILES string of the molecule is CC1(C)CCC(CN2CCN(c3ccc(C(=O)NS(=O)(=O)c4ccc(NCC5CCOCC5)c([N+](=O)[O-])c4)c(N4CCCCc5nc6[nH]ccc6cc54)c3)CC2)=C(c2ccc(Cl)cc2)C1. The maximum absolute atomic E-state index is 14.4. The van der Waals surface area contributed by atoms with E-state index in [0.29, 0.717) is 32.0 Å². The molecule has 9 rings (SSSR count). The topological polar surface area (TPSA) is 166 Å². The molecule has 3 N–H and O–H groups in total. The first kappa shape index (κ1) is 44.7. The first-order valence-corrected chi connectivity index (χ1v) is 24.7. The molecule has 3 aromatic carbocycles. The van der Waals surface area contributed by atoms with Gasteiger partial charge >= 0.3 is 0 Å². The Kier molecular flexibility index (Phi) is 12.9. The van der Waals surface area contributed by atoms with Crippen molar-refractivity contribution in [2.45, 2.75) is 70.1 Å². The van der Waals surface area contributed by atoms with Gasteiger partial charge in [0.05, 0.1) is 32.5 Å². The maximum atomic E-state index is 14.4. The number of aromatic nitrogens is 2. The molecule has 2 aromatic heterocycles. The zero-order valence-electron chi connectivity index (χ0n) is 37.1. The van der Waals surface area contributed by atoms with E-state index in [4.69, 9.17) is 21.3 Å². The predicted octanol–water partition coefficient (Wildman–Crippen LogP) is 9.34. The van der Waals surface area contributed by atoms with Crippen molar-refractivity contribution in [1.82, 2.24) is 19.6 Å². The molecule has 0 atom stereocenters. The number of benzene rings is 3. The van der Waals surface area contributed by atoms with Crippen molar-refractivity contribution in [1.29, 1.82) is 0 Å². The number of allylic oxidation sites excluding steroid dienone is 1. The molecule has 3 aliphatic heterocycles. The second-order valence-electron chi connectivity index (χ2n) is 18.7. The van der Waals surface area contributed by atoms with Crippen LogP contribution in [0.5, 0.6) is 0 Å². The van der Waals surface area contributed by atoms with Crippen molar-refractivity contribution in [3.8, 4) is 0 Å². The number of nitro groups is 1. The van der Waals surface area contributed by atoms with Crippen molar-refractivity contribution >= 4 is 72.6 Å². The molecule has 5 aromatic rings. The van der Waals surface area contributed by atoms with E-state index < -0.39 is 20.9 Å². The van der Waals surface area contributed by atoms with Crippen molar-refractivity contribution in [2.75, 3.05) is 74.1 Å². The number of sulfonamides is 1. The molecule has 1 aliphatic carbocycles. The Bertz CT molecular complexity index is 2720. The standard InChI is InChI=1S/C49H57ClN8O6S/c1-49(2)18-14-36(41(30-49)34-6-8-37(50)9-7-34)32-55-21-23-56(24-22-55)38-10-12-40(44(28-38)57-20-4-3-5-43-45(57)27-35-15-19-51-47(35)53-43)48(59)54-65(62,63)39-11-13-42(46(29-39)58(60)61)52-31-33-16-25-64-26-17-33/h6-13,15,19,27-29,33,52H,3-5,14,16-18,20-26,30-32H2,1-2H3,(H,51,53)(H,54,59). The smallest absolute Gasteiger partial charge is 0.293 e. The quantitative estimate of drug-likeness (QED) is 0.0807. The number of aryl methyl sites for hydroxylation is 1. The van der Waals surface area contributed by atoms with Gasteiger partial charge in [0, 0.05) is 87.4 Å². The number of carbonyl (C=O) groups excluding carboxylic acids is 1. The van der Waals surface area contributed by atoms with Crippen molar-refractivity contribution in [2.24, 2.45) is 11.3 Å². The number of fused-ring (bicyclic) bond motifs is 2. The molecule has 4 aliphatic rings. The van der Waals surface area contributed by atoms with E-state index in [-0.39, 0.29) is 33.2 Å². The van der Waals surface area contributed by atoms with Gasteiger partial charge in [0.1, 0.15) is 11.3 Å². The maximum Gasteiger partial charge on any atom is 0.293 e. The molecule has 0 bridgehead atoms. The highest BCUT2D eigenvalue weighted by molar-refractivity contribution is 7.90. The normalized spacial score (nSPS) is 18.6. The van der Waals surface area contributed by atoms with Crippen LogP contribution < -0.4 is 19.8 Å². The van der Waals surface area contributed by atoms with Gasteiger partial charge in [0.2, 0.25) is 0 Å². The number of hydrogen-bond acceptors (Lipinski definition) is 11. The summed E-state index contributed by atoms with van der Waals surface area (Å²) in [6.45, 7) is 11.2. The number of anilines is 4. The van der Waals surface area contributed by atoms with Crippen LogP contribution in [0, 0.1) is 21.4 Å². The Morgan fingerprint density at radius 2 is 1.74 bits per heavy atom. The minimum absolute atomic E-state index is 0.170. The van der Waals surface area contributed by atoms with Crippen LogP contribution in [0.25, 0.3) is 16.6 Å². The van der Waals surface area contributed by atoms with Gasteiger partial charge in [-0.25, -0.2) is 18.1 Å². The number of halogens is 1. The monoisotopic (exact) mass is 920 g/mol. The number of rotatable bonds is 12. The van der Waals surface area contributed by atoms with Crippen LogP contribution in [0.4, 0.5) is 28.4 Å². The fourth-order valence-electron chi connectivity index (χ4n) is 9.81. The summed E-state index contributed by atoms with van der Waals surface area (Å²) in [5.74, 6) is -0.549. The summed E-state index contributed by atoms with van der Waals surface area (Å²) in [7, 11) is -4.54. The van der Waals surface area contributed by atoms with Crippen molar-refractivity contribution < 1.29 is 22.9 Å². The summed E-state index contributed by atoms with van der Waals surface area (Å²) in [6.07, 6.45) is 9.24. The first-order chi connectivity index (χ1) is 31.3. The highest BCUT2D eigenvalue weighted by Crippen LogP contribution is 2.44. The molecule has 0 spiro atoms. The third-order valence-electron chi connectivity index (χ3n) is 13.6. The number of ether oxygens (including phenoxy) is 1. The van der Waals surface area contributed by atoms with Gasteiger partial charge in [0.25, 0.3) is 21.6 Å². The van der Waals surface area contributed by atoms with Crippen LogP contribution in [0.1, 0.15) is 80.4 Å². The summed E-state index contributed by atoms with van der Waals surface area (Å²) in [6, 6.07) is 21.6. The average Bonchev–Trinajstić information content (AvgIpc) is 3.66. The summed E-state index contributed by atoms with van der Waals surface area (Å²) in [5, 5.41) is 17.0. The zero-order valence-corrected chi connectivity index (χ0v) is 38.6. The molecule has 65 heavy (non-hydrogen) atoms. The summed E-state index contributed by atoms with van der Waals surface area (Å²) in [5.41, 5.74) is 8.45. The van der Waals surface area contributed by atoms with Crippen molar-refractivity contribution in [3.05, 3.63) is 117 Å². The summed E-state index contributed by atoms with van der Waals surface area (Å²) < 4.78 is 35.6. The van der Waals surface area contributed by atoms with E-state index in [1.807, 2.05) is 36.5 Å². The van der Waals surface area contributed by atoms with E-state index in [1.54, 1.807) is 6.07 Å². The van der Waals surface area contributed by atoms with Gasteiger partial charge < -0.3 is 24.8 Å². The van der Waals surface area contributed by atoms with Gasteiger partial charge in [0.15, 0.2) is 0 Å². The lowest BCUT2D eigenvalue weighted by Crippen LogP contribution is -2.47. The zero-order chi connectivity index (χ0) is 45.3. The number of carbonyl (C=O) groups is 1. The van der Waals surface area contributed by atoms with Crippen LogP contribution in [-0.2, 0) is 21.2 Å². The van der Waals surface area contributed by atoms with Crippen LogP contribution in [-0.4, -0.2) is 93.1 Å². The third kappa shape index (κ3) is 10.0. The number of nitrogens with zero attached hydrogens (tertiary/aromatic N) is 5. The Morgan fingerprint density at radius 3 is 2.51 bits per heavy atom. The first-order valence-electron chi connectivity index (χ1n) is 22.8. The second-order valence-corrected chi connectivity index (χ2v) is 20.8. The van der Waals surface area contributed by atoms with E-state index in [2.05, 4.69) is 61.8 Å². The van der Waals surface area contributed by atoms with Crippen LogP contribution in [0.15, 0.2) is 89.5 Å². The van der Waals surface area contributed by atoms with Gasteiger partial charge in [-0.2, -0.15) is 0 Å². The minimum atomic E-state index is -4.54. The highest BCUT2D eigenvalue weighted by Gasteiger charge is 2.32. The van der Waals surface area contributed by atoms with Gasteiger partial charge in [-0.3, -0.25) is 19.8 Å². The number of aromatic amines is 1. The average molecular weight is 922 g/mol. The predicted molar refractivity (Wildman–Crippen MR) is 257 cm³/mol. The Hall–Kier alpha value is -5.48. The summed E-state index contributed by atoms with van der Waals surface area (Å²) >= 11 is 6.28. The van der Waals surface area contributed by atoms with Gasteiger partial charge in [-0.05, 0) is 128 Å². The molecule has 2 saturated heterocycles. The highest BCUT2D eigenvalue weighted by atomic mass is 35.5. The fourth-order valence-corrected chi connectivity index (χ4v) is 10.9. The molecule has 342 valence electrons. The number of nitrogens with one attached hydrogen (secondary N) is 3. The number of hydrogen-bond donors (Lipinski definition) is 3. The lowest BCUT2D eigenvalue weighted by molar-refractivity contribution is -0.384. The Labute approximate surface area is 385 Å².